The molecule has 2 atom stereocenters. The Kier molecular flexibility index (Phi) is 2.56. The number of nitrogens with one attached hydrogen (secondary N) is 1. The highest BCUT2D eigenvalue weighted by atomic mass is 16.3. The van der Waals surface area contributed by atoms with Gasteiger partial charge in [-0.2, -0.15) is 0 Å². The monoisotopic (exact) mass is 196 g/mol. The molecule has 1 aromatic heterocycles. The van der Waals surface area contributed by atoms with Gasteiger partial charge in [0.2, 0.25) is 0 Å². The van der Waals surface area contributed by atoms with Gasteiger partial charge in [0, 0.05) is 12.6 Å². The van der Waals surface area contributed by atoms with Crippen LogP contribution in [0.15, 0.2) is 17.1 Å². The SMILES string of the molecule is CC1(O)CCCC1NCc1cocn1. The van der Waals surface area contributed by atoms with E-state index in [-0.39, 0.29) is 6.04 Å². The second kappa shape index (κ2) is 3.71. The van der Waals surface area contributed by atoms with Crippen molar-refractivity contribution in [3.8, 4) is 0 Å². The van der Waals surface area contributed by atoms with E-state index in [0.717, 1.165) is 25.0 Å². The van der Waals surface area contributed by atoms with Crippen molar-refractivity contribution in [2.24, 2.45) is 0 Å². The average Bonchev–Trinajstić information content (AvgIpc) is 2.71. The zero-order chi connectivity index (χ0) is 10.0. The third kappa shape index (κ3) is 1.96. The number of hydrogen-bond donors (Lipinski definition) is 2. The van der Waals surface area contributed by atoms with Crippen molar-refractivity contribution < 1.29 is 9.52 Å². The third-order valence-electron chi connectivity index (χ3n) is 2.94. The molecule has 0 spiro atoms. The minimum absolute atomic E-state index is 0.180. The molecule has 4 nitrogen and oxygen atoms in total. The van der Waals surface area contributed by atoms with Gasteiger partial charge in [-0.05, 0) is 26.2 Å². The van der Waals surface area contributed by atoms with Crippen LogP contribution in [0.5, 0.6) is 0 Å². The van der Waals surface area contributed by atoms with Gasteiger partial charge in [0.05, 0.1) is 11.3 Å². The van der Waals surface area contributed by atoms with E-state index in [1.165, 1.54) is 6.39 Å². The first kappa shape index (κ1) is 9.68. The summed E-state index contributed by atoms with van der Waals surface area (Å²) in [6.07, 6.45) is 6.04. The molecule has 1 heterocycles. The van der Waals surface area contributed by atoms with E-state index in [1.54, 1.807) is 6.26 Å². The summed E-state index contributed by atoms with van der Waals surface area (Å²) >= 11 is 0. The number of nitrogens with zero attached hydrogens (tertiary/aromatic N) is 1. The van der Waals surface area contributed by atoms with Crippen LogP contribution in [0.2, 0.25) is 0 Å². The van der Waals surface area contributed by atoms with Gasteiger partial charge in [-0.25, -0.2) is 4.98 Å². The lowest BCUT2D eigenvalue weighted by Crippen LogP contribution is -2.44. The molecule has 0 aliphatic heterocycles. The van der Waals surface area contributed by atoms with Crippen LogP contribution in [0.1, 0.15) is 31.9 Å². The Labute approximate surface area is 83.3 Å². The predicted molar refractivity (Wildman–Crippen MR) is 51.6 cm³/mol. The molecule has 1 aliphatic carbocycles. The Balaban J connectivity index is 1.86. The van der Waals surface area contributed by atoms with E-state index in [9.17, 15) is 5.11 Å². The Bertz CT molecular complexity index is 282. The summed E-state index contributed by atoms with van der Waals surface area (Å²) in [6.45, 7) is 2.55. The van der Waals surface area contributed by atoms with Crippen molar-refractivity contribution in [1.82, 2.24) is 10.3 Å². The van der Waals surface area contributed by atoms with Crippen LogP contribution in [-0.2, 0) is 6.54 Å². The minimum Gasteiger partial charge on any atom is -0.451 e. The van der Waals surface area contributed by atoms with Crippen LogP contribution in [0, 0.1) is 0 Å². The molecular formula is C10H16N2O2. The minimum atomic E-state index is -0.566. The second-order valence-electron chi connectivity index (χ2n) is 4.16. The Morgan fingerprint density at radius 2 is 2.64 bits per heavy atom. The van der Waals surface area contributed by atoms with Crippen LogP contribution >= 0.6 is 0 Å². The summed E-state index contributed by atoms with van der Waals surface area (Å²) in [4.78, 5) is 4.01. The Morgan fingerprint density at radius 1 is 1.79 bits per heavy atom. The van der Waals surface area contributed by atoms with Crippen LogP contribution in [0.25, 0.3) is 0 Å². The number of hydrogen-bond acceptors (Lipinski definition) is 4. The van der Waals surface area contributed by atoms with E-state index in [4.69, 9.17) is 4.42 Å². The first-order chi connectivity index (χ1) is 6.68. The maximum absolute atomic E-state index is 9.98. The standard InChI is InChI=1S/C10H16N2O2/c1-10(13)4-2-3-9(10)11-5-8-6-14-7-12-8/h6-7,9,11,13H,2-5H2,1H3. The van der Waals surface area contributed by atoms with Crippen molar-refractivity contribution in [2.75, 3.05) is 0 Å². The average molecular weight is 196 g/mol. The fourth-order valence-corrected chi connectivity index (χ4v) is 2.02. The van der Waals surface area contributed by atoms with Gasteiger partial charge < -0.3 is 14.8 Å². The summed E-state index contributed by atoms with van der Waals surface area (Å²) in [5.74, 6) is 0. The van der Waals surface area contributed by atoms with Crippen LogP contribution in [0.3, 0.4) is 0 Å². The Hall–Kier alpha value is -0.870. The molecule has 2 N–H and O–H groups in total. The topological polar surface area (TPSA) is 58.3 Å². The lowest BCUT2D eigenvalue weighted by Gasteiger charge is -2.26. The van der Waals surface area contributed by atoms with Gasteiger partial charge in [-0.15, -0.1) is 0 Å². The molecule has 1 saturated carbocycles. The predicted octanol–water partition coefficient (Wildman–Crippen LogP) is 1.07. The van der Waals surface area contributed by atoms with Crippen LogP contribution in [0.4, 0.5) is 0 Å². The van der Waals surface area contributed by atoms with Gasteiger partial charge in [0.1, 0.15) is 6.26 Å². The van der Waals surface area contributed by atoms with Crippen LogP contribution in [-0.4, -0.2) is 21.7 Å². The zero-order valence-corrected chi connectivity index (χ0v) is 8.36. The highest BCUT2D eigenvalue weighted by molar-refractivity contribution is 4.97. The van der Waals surface area contributed by atoms with E-state index in [1.807, 2.05) is 6.92 Å². The Morgan fingerprint density at radius 3 is 3.21 bits per heavy atom. The maximum Gasteiger partial charge on any atom is 0.180 e. The highest BCUT2D eigenvalue weighted by Crippen LogP contribution is 2.29. The molecule has 0 aromatic carbocycles. The second-order valence-corrected chi connectivity index (χ2v) is 4.16. The molecule has 0 amide bonds. The summed E-state index contributed by atoms with van der Waals surface area (Å²) in [6, 6.07) is 0.180. The van der Waals surface area contributed by atoms with Crippen molar-refractivity contribution in [2.45, 2.75) is 44.4 Å². The maximum atomic E-state index is 9.98. The smallest absolute Gasteiger partial charge is 0.180 e. The summed E-state index contributed by atoms with van der Waals surface area (Å²) in [5, 5.41) is 13.3. The zero-order valence-electron chi connectivity index (χ0n) is 8.36. The van der Waals surface area contributed by atoms with Crippen LogP contribution < -0.4 is 5.32 Å². The van der Waals surface area contributed by atoms with E-state index in [2.05, 4.69) is 10.3 Å². The first-order valence-corrected chi connectivity index (χ1v) is 5.01. The van der Waals surface area contributed by atoms with Crippen molar-refractivity contribution in [1.29, 1.82) is 0 Å². The molecular weight excluding hydrogens is 180 g/mol. The molecule has 1 aliphatic rings. The molecule has 0 saturated heterocycles. The number of aromatic nitrogens is 1. The molecule has 1 aromatic rings. The van der Waals surface area contributed by atoms with E-state index in [0.29, 0.717) is 6.54 Å². The summed E-state index contributed by atoms with van der Waals surface area (Å²) in [5.41, 5.74) is 0.316. The number of aliphatic hydroxyl groups is 1. The number of oxazole rings is 1. The molecule has 4 heteroatoms. The molecule has 2 rings (SSSR count). The third-order valence-corrected chi connectivity index (χ3v) is 2.94. The molecule has 78 valence electrons. The van der Waals surface area contributed by atoms with Gasteiger partial charge >= 0.3 is 0 Å². The van der Waals surface area contributed by atoms with Gasteiger partial charge in [0.25, 0.3) is 0 Å². The van der Waals surface area contributed by atoms with E-state index >= 15 is 0 Å². The van der Waals surface area contributed by atoms with Crippen molar-refractivity contribution in [3.05, 3.63) is 18.4 Å². The quantitative estimate of drug-likeness (QED) is 0.759. The molecule has 1 fully saturated rings. The molecule has 2 unspecified atom stereocenters. The van der Waals surface area contributed by atoms with Crippen molar-refractivity contribution >= 4 is 0 Å². The number of rotatable bonds is 3. The normalized spacial score (nSPS) is 32.3. The fraction of sp³-hybridized carbons (Fsp3) is 0.700. The lowest BCUT2D eigenvalue weighted by atomic mass is 10.0. The molecule has 14 heavy (non-hydrogen) atoms. The van der Waals surface area contributed by atoms with Gasteiger partial charge in [-0.3, -0.25) is 0 Å². The largest absolute Gasteiger partial charge is 0.451 e. The molecule has 0 radical (unpaired) electrons. The first-order valence-electron chi connectivity index (χ1n) is 5.01. The van der Waals surface area contributed by atoms with E-state index < -0.39 is 5.60 Å². The molecule has 0 bridgehead atoms. The lowest BCUT2D eigenvalue weighted by molar-refractivity contribution is 0.0386. The summed E-state index contributed by atoms with van der Waals surface area (Å²) in [7, 11) is 0. The summed E-state index contributed by atoms with van der Waals surface area (Å²) < 4.78 is 4.87. The van der Waals surface area contributed by atoms with Gasteiger partial charge in [0.15, 0.2) is 6.39 Å². The van der Waals surface area contributed by atoms with Crippen molar-refractivity contribution in [3.63, 3.8) is 0 Å². The van der Waals surface area contributed by atoms with Gasteiger partial charge in [-0.1, -0.05) is 0 Å². The highest BCUT2D eigenvalue weighted by Gasteiger charge is 2.36. The fourth-order valence-electron chi connectivity index (χ4n) is 2.02.